The molecule has 0 aliphatic rings. The second-order valence-corrected chi connectivity index (χ2v) is 4.53. The lowest BCUT2D eigenvalue weighted by Gasteiger charge is -2.14. The van der Waals surface area contributed by atoms with Gasteiger partial charge in [0.2, 0.25) is 0 Å². The number of hydrogen-bond donors (Lipinski definition) is 2. The average Bonchev–Trinajstić information content (AvgIpc) is 2.50. The van der Waals surface area contributed by atoms with Gasteiger partial charge in [-0.3, -0.25) is 4.98 Å². The van der Waals surface area contributed by atoms with E-state index in [2.05, 4.69) is 15.6 Å². The van der Waals surface area contributed by atoms with Crippen LogP contribution in [0.1, 0.15) is 25.6 Å². The zero-order valence-corrected chi connectivity index (χ0v) is 12.2. The van der Waals surface area contributed by atoms with Crippen LogP contribution in [0.15, 0.2) is 48.7 Å². The molecule has 2 aromatic rings. The summed E-state index contributed by atoms with van der Waals surface area (Å²) in [6.45, 7) is 4.44. The number of rotatable bonds is 5. The maximum absolute atomic E-state index is 11.9. The fourth-order valence-electron chi connectivity index (χ4n) is 1.87. The molecule has 110 valence electrons. The van der Waals surface area contributed by atoms with Crippen LogP contribution in [-0.2, 0) is 0 Å². The third-order valence-electron chi connectivity index (χ3n) is 2.90. The highest BCUT2D eigenvalue weighted by Gasteiger charge is 2.10. The van der Waals surface area contributed by atoms with Gasteiger partial charge in [-0.2, -0.15) is 0 Å². The normalized spacial score (nSPS) is 11.5. The number of ether oxygens (including phenoxy) is 1. The Kier molecular flexibility index (Phi) is 5.15. The maximum atomic E-state index is 11.9. The molecule has 0 aliphatic carbocycles. The van der Waals surface area contributed by atoms with E-state index in [1.165, 1.54) is 0 Å². The first-order valence-corrected chi connectivity index (χ1v) is 6.90. The molecule has 1 atom stereocenters. The van der Waals surface area contributed by atoms with Crippen molar-refractivity contribution in [2.24, 2.45) is 0 Å². The van der Waals surface area contributed by atoms with Crippen molar-refractivity contribution >= 4 is 11.7 Å². The SMILES string of the molecule is CCOc1ccc(NC(=O)N[C@H](C)c2ccccn2)cc1. The second-order valence-electron chi connectivity index (χ2n) is 4.53. The number of nitrogens with one attached hydrogen (secondary N) is 2. The molecule has 5 heteroatoms. The number of carbonyl (C=O) groups excluding carboxylic acids is 1. The predicted octanol–water partition coefficient (Wildman–Crippen LogP) is 3.36. The summed E-state index contributed by atoms with van der Waals surface area (Å²) >= 11 is 0. The van der Waals surface area contributed by atoms with E-state index in [-0.39, 0.29) is 12.1 Å². The molecule has 0 radical (unpaired) electrons. The number of anilines is 1. The molecule has 1 aromatic carbocycles. The van der Waals surface area contributed by atoms with Crippen molar-refractivity contribution in [1.82, 2.24) is 10.3 Å². The molecule has 2 rings (SSSR count). The molecule has 0 unspecified atom stereocenters. The molecule has 2 N–H and O–H groups in total. The highest BCUT2D eigenvalue weighted by molar-refractivity contribution is 5.89. The van der Waals surface area contributed by atoms with E-state index in [9.17, 15) is 4.79 Å². The Balaban J connectivity index is 1.89. The number of carbonyl (C=O) groups is 1. The van der Waals surface area contributed by atoms with E-state index in [0.29, 0.717) is 12.3 Å². The van der Waals surface area contributed by atoms with E-state index < -0.39 is 0 Å². The Morgan fingerprint density at radius 3 is 2.62 bits per heavy atom. The lowest BCUT2D eigenvalue weighted by molar-refractivity contribution is 0.249. The van der Waals surface area contributed by atoms with Gasteiger partial charge in [-0.05, 0) is 50.2 Å². The summed E-state index contributed by atoms with van der Waals surface area (Å²) in [5.74, 6) is 0.783. The van der Waals surface area contributed by atoms with Crippen molar-refractivity contribution < 1.29 is 9.53 Å². The van der Waals surface area contributed by atoms with Crippen LogP contribution in [0.4, 0.5) is 10.5 Å². The predicted molar refractivity (Wildman–Crippen MR) is 82.4 cm³/mol. The van der Waals surface area contributed by atoms with Crippen molar-refractivity contribution in [3.8, 4) is 5.75 Å². The highest BCUT2D eigenvalue weighted by Crippen LogP contribution is 2.16. The molecule has 0 saturated heterocycles. The van der Waals surface area contributed by atoms with Gasteiger partial charge in [-0.15, -0.1) is 0 Å². The molecule has 0 aliphatic heterocycles. The quantitative estimate of drug-likeness (QED) is 0.885. The summed E-state index contributed by atoms with van der Waals surface area (Å²) < 4.78 is 5.35. The van der Waals surface area contributed by atoms with Gasteiger partial charge in [-0.1, -0.05) is 6.07 Å². The van der Waals surface area contributed by atoms with E-state index in [0.717, 1.165) is 11.4 Å². The van der Waals surface area contributed by atoms with Gasteiger partial charge in [0, 0.05) is 11.9 Å². The molecular weight excluding hydrogens is 266 g/mol. The molecule has 0 spiro atoms. The zero-order valence-electron chi connectivity index (χ0n) is 12.2. The summed E-state index contributed by atoms with van der Waals surface area (Å²) in [5.41, 5.74) is 1.53. The molecule has 1 heterocycles. The van der Waals surface area contributed by atoms with Crippen LogP contribution < -0.4 is 15.4 Å². The monoisotopic (exact) mass is 285 g/mol. The second kappa shape index (κ2) is 7.28. The lowest BCUT2D eigenvalue weighted by Crippen LogP contribution is -2.31. The largest absolute Gasteiger partial charge is 0.494 e. The first-order valence-electron chi connectivity index (χ1n) is 6.90. The van der Waals surface area contributed by atoms with Gasteiger partial charge in [-0.25, -0.2) is 4.79 Å². The average molecular weight is 285 g/mol. The van der Waals surface area contributed by atoms with Crippen molar-refractivity contribution in [3.05, 3.63) is 54.4 Å². The lowest BCUT2D eigenvalue weighted by atomic mass is 10.2. The Hall–Kier alpha value is -2.56. The molecule has 0 bridgehead atoms. The number of aromatic nitrogens is 1. The third kappa shape index (κ3) is 4.49. The number of hydrogen-bond acceptors (Lipinski definition) is 3. The van der Waals surface area contributed by atoms with Crippen LogP contribution in [0.5, 0.6) is 5.75 Å². The number of amides is 2. The molecule has 2 amide bonds. The first kappa shape index (κ1) is 14.8. The van der Waals surface area contributed by atoms with Gasteiger partial charge in [0.15, 0.2) is 0 Å². The molecule has 0 saturated carbocycles. The van der Waals surface area contributed by atoms with E-state index >= 15 is 0 Å². The minimum atomic E-state index is -0.266. The molecular formula is C16H19N3O2. The van der Waals surface area contributed by atoms with Crippen molar-refractivity contribution in [2.45, 2.75) is 19.9 Å². The number of urea groups is 1. The molecule has 0 fully saturated rings. The first-order chi connectivity index (χ1) is 10.2. The van der Waals surface area contributed by atoms with Crippen molar-refractivity contribution in [3.63, 3.8) is 0 Å². The van der Waals surface area contributed by atoms with Gasteiger partial charge >= 0.3 is 6.03 Å². The van der Waals surface area contributed by atoms with Crippen LogP contribution in [0.3, 0.4) is 0 Å². The third-order valence-corrected chi connectivity index (χ3v) is 2.90. The number of benzene rings is 1. The van der Waals surface area contributed by atoms with E-state index in [1.807, 2.05) is 44.2 Å². The fraction of sp³-hybridized carbons (Fsp3) is 0.250. The zero-order chi connectivity index (χ0) is 15.1. The van der Waals surface area contributed by atoms with Crippen LogP contribution in [0.2, 0.25) is 0 Å². The molecule has 1 aromatic heterocycles. The number of nitrogens with zero attached hydrogens (tertiary/aromatic N) is 1. The van der Waals surface area contributed by atoms with Gasteiger partial charge in [0.25, 0.3) is 0 Å². The standard InChI is InChI=1S/C16H19N3O2/c1-3-21-14-9-7-13(8-10-14)19-16(20)18-12(2)15-6-4-5-11-17-15/h4-12H,3H2,1-2H3,(H2,18,19,20)/t12-/m1/s1. The summed E-state index contributed by atoms with van der Waals surface area (Å²) in [6.07, 6.45) is 1.71. The van der Waals surface area contributed by atoms with Crippen LogP contribution in [0, 0.1) is 0 Å². The van der Waals surface area contributed by atoms with Gasteiger partial charge in [0.1, 0.15) is 5.75 Å². The Labute approximate surface area is 124 Å². The topological polar surface area (TPSA) is 63.2 Å². The highest BCUT2D eigenvalue weighted by atomic mass is 16.5. The van der Waals surface area contributed by atoms with Crippen molar-refractivity contribution in [2.75, 3.05) is 11.9 Å². The van der Waals surface area contributed by atoms with E-state index in [1.54, 1.807) is 18.3 Å². The fourth-order valence-corrected chi connectivity index (χ4v) is 1.87. The molecule has 21 heavy (non-hydrogen) atoms. The minimum Gasteiger partial charge on any atom is -0.494 e. The smallest absolute Gasteiger partial charge is 0.319 e. The minimum absolute atomic E-state index is 0.158. The summed E-state index contributed by atoms with van der Waals surface area (Å²) in [4.78, 5) is 16.1. The van der Waals surface area contributed by atoms with Gasteiger partial charge < -0.3 is 15.4 Å². The van der Waals surface area contributed by atoms with Crippen LogP contribution in [-0.4, -0.2) is 17.6 Å². The van der Waals surface area contributed by atoms with E-state index in [4.69, 9.17) is 4.74 Å². The Morgan fingerprint density at radius 2 is 2.00 bits per heavy atom. The van der Waals surface area contributed by atoms with Crippen LogP contribution >= 0.6 is 0 Å². The van der Waals surface area contributed by atoms with Crippen molar-refractivity contribution in [1.29, 1.82) is 0 Å². The van der Waals surface area contributed by atoms with Gasteiger partial charge in [0.05, 0.1) is 18.3 Å². The Morgan fingerprint density at radius 1 is 1.24 bits per heavy atom. The summed E-state index contributed by atoms with van der Waals surface area (Å²) in [6, 6.07) is 12.4. The maximum Gasteiger partial charge on any atom is 0.319 e. The Bertz CT molecular complexity index is 570. The molecule has 5 nitrogen and oxygen atoms in total. The van der Waals surface area contributed by atoms with Crippen LogP contribution in [0.25, 0.3) is 0 Å². The summed E-state index contributed by atoms with van der Waals surface area (Å²) in [7, 11) is 0. The summed E-state index contributed by atoms with van der Waals surface area (Å²) in [5, 5.41) is 5.62. The number of pyridine rings is 1.